The molecule has 2 aromatic rings. The number of nitrogens with zero attached hydrogens (tertiary/aromatic N) is 1. The third-order valence-electron chi connectivity index (χ3n) is 3.28. The second-order valence-corrected chi connectivity index (χ2v) is 6.03. The predicted molar refractivity (Wildman–Crippen MR) is 97.9 cm³/mol. The normalized spacial score (nSPS) is 11.0. The molecule has 0 aliphatic carbocycles. The molecule has 2 N–H and O–H groups in total. The third kappa shape index (κ3) is 5.62. The molecule has 5 nitrogen and oxygen atoms in total. The first-order valence-electron chi connectivity index (χ1n) is 7.48. The SMILES string of the molecule is C/C(=N\NC(=O)CCNC(=O)c1ccccc1)c1ccc(Br)cc1. The maximum Gasteiger partial charge on any atom is 0.251 e. The zero-order valence-electron chi connectivity index (χ0n) is 13.3. The Balaban J connectivity index is 1.76. The van der Waals surface area contributed by atoms with Crippen LogP contribution in [0.5, 0.6) is 0 Å². The van der Waals surface area contributed by atoms with Gasteiger partial charge in [0.05, 0.1) is 5.71 Å². The van der Waals surface area contributed by atoms with Crippen molar-refractivity contribution in [1.29, 1.82) is 0 Å². The lowest BCUT2D eigenvalue weighted by Gasteiger charge is -2.05. The zero-order valence-corrected chi connectivity index (χ0v) is 14.8. The molecule has 0 bridgehead atoms. The Morgan fingerprint density at radius 2 is 1.67 bits per heavy atom. The van der Waals surface area contributed by atoms with Crippen molar-refractivity contribution in [3.63, 3.8) is 0 Å². The molecule has 0 heterocycles. The van der Waals surface area contributed by atoms with E-state index in [1.807, 2.05) is 37.3 Å². The van der Waals surface area contributed by atoms with Crippen LogP contribution < -0.4 is 10.7 Å². The summed E-state index contributed by atoms with van der Waals surface area (Å²) in [6, 6.07) is 16.5. The van der Waals surface area contributed by atoms with Crippen LogP contribution in [0.2, 0.25) is 0 Å². The molecule has 0 saturated heterocycles. The summed E-state index contributed by atoms with van der Waals surface area (Å²) >= 11 is 3.37. The van der Waals surface area contributed by atoms with Crippen LogP contribution in [0.4, 0.5) is 0 Å². The van der Waals surface area contributed by atoms with E-state index in [1.54, 1.807) is 24.3 Å². The molecule has 2 rings (SSSR count). The van der Waals surface area contributed by atoms with E-state index < -0.39 is 0 Å². The molecule has 0 unspecified atom stereocenters. The van der Waals surface area contributed by atoms with Crippen molar-refractivity contribution in [2.24, 2.45) is 5.10 Å². The van der Waals surface area contributed by atoms with E-state index in [9.17, 15) is 9.59 Å². The van der Waals surface area contributed by atoms with Gasteiger partial charge in [0, 0.05) is 23.0 Å². The van der Waals surface area contributed by atoms with Gasteiger partial charge >= 0.3 is 0 Å². The van der Waals surface area contributed by atoms with Crippen LogP contribution in [0, 0.1) is 0 Å². The minimum atomic E-state index is -0.250. The van der Waals surface area contributed by atoms with Crippen LogP contribution in [0.15, 0.2) is 64.2 Å². The Labute approximate surface area is 149 Å². The first-order chi connectivity index (χ1) is 11.6. The molecule has 124 valence electrons. The fourth-order valence-corrected chi connectivity index (χ4v) is 2.20. The van der Waals surface area contributed by atoms with Crippen LogP contribution in [-0.2, 0) is 4.79 Å². The summed E-state index contributed by atoms with van der Waals surface area (Å²) in [6.45, 7) is 2.08. The largest absolute Gasteiger partial charge is 0.352 e. The fourth-order valence-electron chi connectivity index (χ4n) is 1.94. The van der Waals surface area contributed by atoms with Gasteiger partial charge in [-0.1, -0.05) is 46.3 Å². The predicted octanol–water partition coefficient (Wildman–Crippen LogP) is 3.11. The summed E-state index contributed by atoms with van der Waals surface area (Å²) in [5.41, 5.74) is 4.71. The maximum absolute atomic E-state index is 11.8. The highest BCUT2D eigenvalue weighted by Gasteiger charge is 2.06. The Morgan fingerprint density at radius 1 is 1.00 bits per heavy atom. The van der Waals surface area contributed by atoms with Crippen molar-refractivity contribution < 1.29 is 9.59 Å². The molecule has 0 fully saturated rings. The van der Waals surface area contributed by atoms with Gasteiger partial charge in [0.15, 0.2) is 0 Å². The molecule has 0 saturated carbocycles. The van der Waals surface area contributed by atoms with E-state index in [2.05, 4.69) is 31.8 Å². The Bertz CT molecular complexity index is 728. The second-order valence-electron chi connectivity index (χ2n) is 5.11. The number of hydrogen-bond acceptors (Lipinski definition) is 3. The van der Waals surface area contributed by atoms with Crippen molar-refractivity contribution in [1.82, 2.24) is 10.7 Å². The van der Waals surface area contributed by atoms with E-state index in [4.69, 9.17) is 0 Å². The molecule has 0 aliphatic rings. The zero-order chi connectivity index (χ0) is 17.4. The van der Waals surface area contributed by atoms with Gasteiger partial charge in [-0.2, -0.15) is 5.10 Å². The van der Waals surface area contributed by atoms with Crippen molar-refractivity contribution in [3.8, 4) is 0 Å². The fraction of sp³-hybridized carbons (Fsp3) is 0.167. The molecular weight excluding hydrogens is 370 g/mol. The molecule has 0 spiro atoms. The lowest BCUT2D eigenvalue weighted by atomic mass is 10.1. The smallest absolute Gasteiger partial charge is 0.251 e. The first kappa shape index (κ1) is 17.9. The number of halogens is 1. The quantitative estimate of drug-likeness (QED) is 0.590. The summed E-state index contributed by atoms with van der Waals surface area (Å²) in [6.07, 6.45) is 0.162. The molecule has 0 radical (unpaired) electrons. The lowest BCUT2D eigenvalue weighted by molar-refractivity contribution is -0.120. The van der Waals surface area contributed by atoms with E-state index in [0.717, 1.165) is 10.0 Å². The first-order valence-corrected chi connectivity index (χ1v) is 8.28. The number of hydrazone groups is 1. The number of carbonyl (C=O) groups excluding carboxylic acids is 2. The second kappa shape index (κ2) is 8.98. The summed E-state index contributed by atoms with van der Waals surface area (Å²) in [5, 5.41) is 6.77. The minimum Gasteiger partial charge on any atom is -0.352 e. The summed E-state index contributed by atoms with van der Waals surface area (Å²) in [5.74, 6) is -0.447. The van der Waals surface area contributed by atoms with Gasteiger partial charge in [0.25, 0.3) is 5.91 Å². The van der Waals surface area contributed by atoms with Gasteiger partial charge in [-0.25, -0.2) is 5.43 Å². The Kier molecular flexibility index (Phi) is 6.69. The van der Waals surface area contributed by atoms with Gasteiger partial charge in [-0.05, 0) is 36.8 Å². The minimum absolute atomic E-state index is 0.162. The van der Waals surface area contributed by atoms with Crippen LogP contribution in [-0.4, -0.2) is 24.1 Å². The summed E-state index contributed by atoms with van der Waals surface area (Å²) in [7, 11) is 0. The van der Waals surface area contributed by atoms with E-state index >= 15 is 0 Å². The van der Waals surface area contributed by atoms with Crippen LogP contribution in [0.1, 0.15) is 29.3 Å². The Morgan fingerprint density at radius 3 is 2.33 bits per heavy atom. The number of benzene rings is 2. The molecule has 6 heteroatoms. The van der Waals surface area contributed by atoms with Crippen molar-refractivity contribution in [2.45, 2.75) is 13.3 Å². The van der Waals surface area contributed by atoms with Crippen molar-refractivity contribution in [2.75, 3.05) is 6.54 Å². The highest BCUT2D eigenvalue weighted by molar-refractivity contribution is 9.10. The van der Waals surface area contributed by atoms with Gasteiger partial charge in [-0.3, -0.25) is 9.59 Å². The average molecular weight is 388 g/mol. The maximum atomic E-state index is 11.8. The molecular formula is C18H18BrN3O2. The van der Waals surface area contributed by atoms with Gasteiger partial charge in [0.2, 0.25) is 5.91 Å². The number of rotatable bonds is 6. The number of amides is 2. The number of nitrogens with one attached hydrogen (secondary N) is 2. The molecule has 24 heavy (non-hydrogen) atoms. The molecule has 0 aliphatic heterocycles. The molecule has 2 aromatic carbocycles. The number of carbonyl (C=O) groups is 2. The van der Waals surface area contributed by atoms with Crippen LogP contribution in [0.3, 0.4) is 0 Å². The van der Waals surface area contributed by atoms with Gasteiger partial charge in [-0.15, -0.1) is 0 Å². The lowest BCUT2D eigenvalue weighted by Crippen LogP contribution is -2.29. The topological polar surface area (TPSA) is 70.6 Å². The average Bonchev–Trinajstić information content (AvgIpc) is 2.61. The van der Waals surface area contributed by atoms with Crippen LogP contribution in [0.25, 0.3) is 0 Å². The standard InChI is InChI=1S/C18H18BrN3O2/c1-13(14-7-9-16(19)10-8-14)21-22-17(23)11-12-20-18(24)15-5-3-2-4-6-15/h2-10H,11-12H2,1H3,(H,20,24)(H,22,23)/b21-13+. The monoisotopic (exact) mass is 387 g/mol. The van der Waals surface area contributed by atoms with E-state index in [-0.39, 0.29) is 24.8 Å². The van der Waals surface area contributed by atoms with Crippen molar-refractivity contribution >= 4 is 33.5 Å². The number of hydrogen-bond donors (Lipinski definition) is 2. The highest BCUT2D eigenvalue weighted by Crippen LogP contribution is 2.11. The van der Waals surface area contributed by atoms with Gasteiger partial charge < -0.3 is 5.32 Å². The summed E-state index contributed by atoms with van der Waals surface area (Å²) in [4.78, 5) is 23.6. The van der Waals surface area contributed by atoms with Crippen molar-refractivity contribution in [3.05, 3.63) is 70.2 Å². The summed E-state index contributed by atoms with van der Waals surface area (Å²) < 4.78 is 0.984. The third-order valence-corrected chi connectivity index (χ3v) is 3.81. The Hall–Kier alpha value is -2.47. The van der Waals surface area contributed by atoms with E-state index in [1.165, 1.54) is 0 Å². The van der Waals surface area contributed by atoms with Gasteiger partial charge in [0.1, 0.15) is 0 Å². The molecule has 2 amide bonds. The van der Waals surface area contributed by atoms with Crippen LogP contribution >= 0.6 is 15.9 Å². The molecule has 0 aromatic heterocycles. The van der Waals surface area contributed by atoms with E-state index in [0.29, 0.717) is 11.3 Å². The highest BCUT2D eigenvalue weighted by atomic mass is 79.9. The molecule has 0 atom stereocenters.